The van der Waals surface area contributed by atoms with Crippen LogP contribution in [0.1, 0.15) is 22.8 Å². The van der Waals surface area contributed by atoms with Crippen molar-refractivity contribution < 1.29 is 14.4 Å². The van der Waals surface area contributed by atoms with Crippen LogP contribution in [0.15, 0.2) is 48.5 Å². The molecule has 0 fully saturated rings. The minimum absolute atomic E-state index is 0.177. The third-order valence-electron chi connectivity index (χ3n) is 3.61. The number of halogens is 1. The monoisotopic (exact) mass is 373 g/mol. The second-order valence-electron chi connectivity index (χ2n) is 5.53. The quantitative estimate of drug-likeness (QED) is 0.696. The fraction of sp³-hybridized carbons (Fsp3) is 0.211. The molecule has 0 aromatic heterocycles. The molecule has 0 spiro atoms. The van der Waals surface area contributed by atoms with Gasteiger partial charge in [-0.25, -0.2) is 0 Å². The van der Waals surface area contributed by atoms with Crippen LogP contribution in [0.5, 0.6) is 0 Å². The van der Waals surface area contributed by atoms with E-state index >= 15 is 0 Å². The summed E-state index contributed by atoms with van der Waals surface area (Å²) in [7, 11) is 0. The fourth-order valence-electron chi connectivity index (χ4n) is 2.28. The van der Waals surface area contributed by atoms with Crippen LogP contribution in [-0.2, 0) is 16.0 Å². The number of carbonyl (C=O) groups excluding carboxylic acids is 3. The Bertz CT molecular complexity index is 808. The van der Waals surface area contributed by atoms with Gasteiger partial charge in [-0.3, -0.25) is 14.4 Å². The highest BCUT2D eigenvalue weighted by atomic mass is 35.5. The van der Waals surface area contributed by atoms with Gasteiger partial charge in [0.2, 0.25) is 11.8 Å². The molecule has 0 saturated carbocycles. The number of hydrogen-bond donors (Lipinski definition) is 3. The van der Waals surface area contributed by atoms with Gasteiger partial charge in [-0.05, 0) is 36.2 Å². The van der Waals surface area contributed by atoms with E-state index in [4.69, 9.17) is 11.6 Å². The summed E-state index contributed by atoms with van der Waals surface area (Å²) in [5.41, 5.74) is 2.10. The molecule has 0 aliphatic heterocycles. The van der Waals surface area contributed by atoms with Gasteiger partial charge in [0.1, 0.15) is 0 Å². The lowest BCUT2D eigenvalue weighted by molar-refractivity contribution is -0.123. The second kappa shape index (κ2) is 9.58. The Hall–Kier alpha value is -2.86. The molecule has 0 unspecified atom stereocenters. The van der Waals surface area contributed by atoms with Gasteiger partial charge in [0.15, 0.2) is 0 Å². The molecule has 0 saturated heterocycles. The van der Waals surface area contributed by atoms with Crippen LogP contribution in [0.2, 0.25) is 5.02 Å². The number of rotatable bonds is 7. The first kappa shape index (κ1) is 19.5. The molecule has 0 aliphatic rings. The molecule has 7 heteroatoms. The van der Waals surface area contributed by atoms with Crippen molar-refractivity contribution in [3.8, 4) is 0 Å². The molecule has 26 heavy (non-hydrogen) atoms. The minimum Gasteiger partial charge on any atom is -0.345 e. The molecule has 0 radical (unpaired) electrons. The van der Waals surface area contributed by atoms with E-state index in [0.29, 0.717) is 10.6 Å². The van der Waals surface area contributed by atoms with Crippen LogP contribution in [-0.4, -0.2) is 30.8 Å². The zero-order valence-corrected chi connectivity index (χ0v) is 15.1. The van der Waals surface area contributed by atoms with Crippen molar-refractivity contribution in [3.63, 3.8) is 0 Å². The first-order valence-electron chi connectivity index (χ1n) is 8.17. The Kier molecular flexibility index (Phi) is 7.17. The molecule has 3 N–H and O–H groups in total. The zero-order valence-electron chi connectivity index (χ0n) is 14.3. The molecule has 2 aromatic rings. The molecular formula is C19H20ClN3O3. The van der Waals surface area contributed by atoms with Gasteiger partial charge in [-0.15, -0.1) is 0 Å². The maximum atomic E-state index is 12.0. The summed E-state index contributed by atoms with van der Waals surface area (Å²) in [6.07, 6.45) is 0.790. The van der Waals surface area contributed by atoms with E-state index in [1.54, 1.807) is 18.2 Å². The van der Waals surface area contributed by atoms with Crippen LogP contribution in [0.25, 0.3) is 0 Å². The third-order valence-corrected chi connectivity index (χ3v) is 3.85. The maximum absolute atomic E-state index is 12.0. The number of aryl methyl sites for hydroxylation is 1. The lowest BCUT2D eigenvalue weighted by atomic mass is 10.1. The van der Waals surface area contributed by atoms with Gasteiger partial charge in [-0.2, -0.15) is 0 Å². The Morgan fingerprint density at radius 3 is 2.38 bits per heavy atom. The second-order valence-corrected chi connectivity index (χ2v) is 5.97. The van der Waals surface area contributed by atoms with E-state index in [9.17, 15) is 14.4 Å². The average Bonchev–Trinajstić information content (AvgIpc) is 2.64. The first-order chi connectivity index (χ1) is 12.5. The van der Waals surface area contributed by atoms with Gasteiger partial charge >= 0.3 is 0 Å². The van der Waals surface area contributed by atoms with Gasteiger partial charge in [0, 0.05) is 16.3 Å². The molecule has 6 nitrogen and oxygen atoms in total. The Labute approximate surface area is 156 Å². The van der Waals surface area contributed by atoms with Crippen LogP contribution in [0.3, 0.4) is 0 Å². The number of para-hydroxylation sites is 1. The Balaban J connectivity index is 1.76. The molecule has 0 aliphatic carbocycles. The zero-order chi connectivity index (χ0) is 18.9. The van der Waals surface area contributed by atoms with Crippen molar-refractivity contribution in [2.24, 2.45) is 0 Å². The number of benzene rings is 2. The van der Waals surface area contributed by atoms with E-state index in [-0.39, 0.29) is 19.0 Å². The highest BCUT2D eigenvalue weighted by molar-refractivity contribution is 6.31. The number of hydrogen-bond acceptors (Lipinski definition) is 3. The summed E-state index contributed by atoms with van der Waals surface area (Å²) >= 11 is 5.82. The largest absolute Gasteiger partial charge is 0.345 e. The topological polar surface area (TPSA) is 87.3 Å². The number of carbonyl (C=O) groups is 3. The Morgan fingerprint density at radius 2 is 1.65 bits per heavy atom. The average molecular weight is 374 g/mol. The normalized spacial score (nSPS) is 10.1. The van der Waals surface area contributed by atoms with E-state index in [0.717, 1.165) is 17.7 Å². The van der Waals surface area contributed by atoms with Crippen molar-refractivity contribution in [1.82, 2.24) is 10.6 Å². The maximum Gasteiger partial charge on any atom is 0.251 e. The predicted octanol–water partition coefficient (Wildman–Crippen LogP) is 2.39. The number of nitrogens with one attached hydrogen (secondary N) is 3. The molecule has 0 atom stereocenters. The third kappa shape index (κ3) is 5.89. The highest BCUT2D eigenvalue weighted by Crippen LogP contribution is 2.15. The highest BCUT2D eigenvalue weighted by Gasteiger charge is 2.10. The molecule has 0 bridgehead atoms. The van der Waals surface area contributed by atoms with Crippen LogP contribution in [0, 0.1) is 0 Å². The van der Waals surface area contributed by atoms with Crippen LogP contribution in [0.4, 0.5) is 5.69 Å². The molecule has 2 aromatic carbocycles. The summed E-state index contributed by atoms with van der Waals surface area (Å²) in [4.78, 5) is 35.7. The fourth-order valence-corrected chi connectivity index (χ4v) is 2.47. The summed E-state index contributed by atoms with van der Waals surface area (Å²) in [5, 5.41) is 8.14. The van der Waals surface area contributed by atoms with Crippen molar-refractivity contribution >= 4 is 35.0 Å². The van der Waals surface area contributed by atoms with Crippen molar-refractivity contribution in [1.29, 1.82) is 0 Å². The van der Waals surface area contributed by atoms with Crippen LogP contribution >= 0.6 is 11.6 Å². The smallest absolute Gasteiger partial charge is 0.251 e. The van der Waals surface area contributed by atoms with E-state index in [1.165, 1.54) is 6.07 Å². The molecule has 136 valence electrons. The molecule has 2 rings (SSSR count). The number of amides is 3. The number of anilines is 1. The molecule has 3 amide bonds. The summed E-state index contributed by atoms with van der Waals surface area (Å²) in [6.45, 7) is 1.59. The SMILES string of the molecule is CCc1ccccc1NC(=O)CNC(=O)CNC(=O)c1cccc(Cl)c1. The standard InChI is InChI=1S/C19H20ClN3O3/c1-2-13-6-3-4-9-16(13)23-18(25)12-21-17(24)11-22-19(26)14-7-5-8-15(20)10-14/h3-10H,2,11-12H2,1H3,(H,21,24)(H,22,26)(H,23,25). The minimum atomic E-state index is -0.459. The summed E-state index contributed by atoms with van der Waals surface area (Å²) in [5.74, 6) is -1.20. The Morgan fingerprint density at radius 1 is 0.923 bits per heavy atom. The van der Waals surface area contributed by atoms with Gasteiger partial charge in [0.05, 0.1) is 13.1 Å². The lowest BCUT2D eigenvalue weighted by Crippen LogP contribution is -2.40. The summed E-state index contributed by atoms with van der Waals surface area (Å²) in [6, 6.07) is 13.9. The van der Waals surface area contributed by atoms with Gasteiger partial charge in [0.25, 0.3) is 5.91 Å². The van der Waals surface area contributed by atoms with Crippen molar-refractivity contribution in [2.75, 3.05) is 18.4 Å². The van der Waals surface area contributed by atoms with Gasteiger partial charge < -0.3 is 16.0 Å². The first-order valence-corrected chi connectivity index (χ1v) is 8.55. The molecule has 0 heterocycles. The lowest BCUT2D eigenvalue weighted by Gasteiger charge is -2.10. The van der Waals surface area contributed by atoms with E-state index < -0.39 is 11.8 Å². The van der Waals surface area contributed by atoms with E-state index in [1.807, 2.05) is 31.2 Å². The van der Waals surface area contributed by atoms with E-state index in [2.05, 4.69) is 16.0 Å². The molecular weight excluding hydrogens is 354 g/mol. The predicted molar refractivity (Wildman–Crippen MR) is 101 cm³/mol. The van der Waals surface area contributed by atoms with Crippen molar-refractivity contribution in [3.05, 3.63) is 64.7 Å². The van der Waals surface area contributed by atoms with Crippen LogP contribution < -0.4 is 16.0 Å². The van der Waals surface area contributed by atoms with Crippen molar-refractivity contribution in [2.45, 2.75) is 13.3 Å². The summed E-state index contributed by atoms with van der Waals surface area (Å²) < 4.78 is 0. The van der Waals surface area contributed by atoms with Gasteiger partial charge in [-0.1, -0.05) is 42.8 Å².